The van der Waals surface area contributed by atoms with Gasteiger partial charge in [-0.15, -0.1) is 0 Å². The number of nitrogens with one attached hydrogen (secondary N) is 1. The molecule has 8 heteroatoms. The van der Waals surface area contributed by atoms with Crippen molar-refractivity contribution in [3.8, 4) is 11.5 Å². The van der Waals surface area contributed by atoms with Crippen LogP contribution in [0.15, 0.2) is 84.3 Å². The summed E-state index contributed by atoms with van der Waals surface area (Å²) >= 11 is 0. The first-order valence-corrected chi connectivity index (χ1v) is 10.9. The normalized spacial score (nSPS) is 11.2. The minimum Gasteiger partial charge on any atom is -0.490 e. The Morgan fingerprint density at radius 1 is 0.871 bits per heavy atom. The number of carbonyl (C=O) groups is 1. The smallest absolute Gasteiger partial charge is 0.335 e. The first kappa shape index (κ1) is 21.9. The molecule has 7 nitrogen and oxygen atoms in total. The largest absolute Gasteiger partial charge is 0.490 e. The zero-order valence-corrected chi connectivity index (χ0v) is 17.3. The van der Waals surface area contributed by atoms with Crippen molar-refractivity contribution in [3.05, 3.63) is 95.4 Å². The molecule has 0 saturated carbocycles. The van der Waals surface area contributed by atoms with Gasteiger partial charge in [-0.2, -0.15) is 0 Å². The summed E-state index contributed by atoms with van der Waals surface area (Å²) in [5, 5.41) is 10.0. The van der Waals surface area contributed by atoms with Gasteiger partial charge in [0.15, 0.2) is 0 Å². The van der Waals surface area contributed by atoms with Crippen LogP contribution in [-0.4, -0.2) is 32.7 Å². The maximum Gasteiger partial charge on any atom is 0.335 e. The first-order valence-electron chi connectivity index (χ1n) is 9.37. The van der Waals surface area contributed by atoms with Crippen LogP contribution in [0.1, 0.15) is 15.9 Å². The second-order valence-corrected chi connectivity index (χ2v) is 7.95. The van der Waals surface area contributed by atoms with Crippen LogP contribution >= 0.6 is 0 Å². The quantitative estimate of drug-likeness (QED) is 0.458. The molecule has 0 heterocycles. The molecular formula is C23H21NO6S. The molecule has 0 fully saturated rings. The van der Waals surface area contributed by atoms with Crippen LogP contribution in [0.4, 0.5) is 5.69 Å². The average Bonchev–Trinajstić information content (AvgIpc) is 2.77. The number of carboxylic acids is 1. The van der Waals surface area contributed by atoms with Crippen LogP contribution < -0.4 is 14.2 Å². The van der Waals surface area contributed by atoms with Crippen LogP contribution in [0.2, 0.25) is 0 Å². The number of para-hydroxylation sites is 2. The molecule has 0 radical (unpaired) electrons. The van der Waals surface area contributed by atoms with Gasteiger partial charge in [-0.3, -0.25) is 4.72 Å². The van der Waals surface area contributed by atoms with E-state index < -0.39 is 16.0 Å². The Balaban J connectivity index is 1.56. The highest BCUT2D eigenvalue weighted by atomic mass is 32.2. The van der Waals surface area contributed by atoms with E-state index in [4.69, 9.17) is 14.6 Å². The second kappa shape index (κ2) is 10.3. The number of sulfonamides is 1. The molecule has 0 amide bonds. The summed E-state index contributed by atoms with van der Waals surface area (Å²) in [5.41, 5.74) is 1.25. The van der Waals surface area contributed by atoms with E-state index in [1.54, 1.807) is 48.5 Å². The van der Waals surface area contributed by atoms with Crippen molar-refractivity contribution < 1.29 is 27.8 Å². The van der Waals surface area contributed by atoms with E-state index in [0.717, 1.165) is 11.0 Å². The molecule has 0 aromatic heterocycles. The van der Waals surface area contributed by atoms with E-state index in [0.29, 0.717) is 17.2 Å². The molecular weight excluding hydrogens is 418 g/mol. The lowest BCUT2D eigenvalue weighted by atomic mass is 10.2. The summed E-state index contributed by atoms with van der Waals surface area (Å²) in [5.74, 6) is -0.134. The fraction of sp³-hybridized carbons (Fsp3) is 0.0870. The molecule has 0 saturated heterocycles. The number of ether oxygens (including phenoxy) is 2. The van der Waals surface area contributed by atoms with E-state index in [2.05, 4.69) is 4.72 Å². The van der Waals surface area contributed by atoms with Gasteiger partial charge in [0.2, 0.25) is 0 Å². The number of hydrogen-bond donors (Lipinski definition) is 2. The molecule has 0 atom stereocenters. The molecule has 0 spiro atoms. The number of hydrogen-bond acceptors (Lipinski definition) is 5. The van der Waals surface area contributed by atoms with E-state index in [-0.39, 0.29) is 18.8 Å². The van der Waals surface area contributed by atoms with Crippen molar-refractivity contribution in [1.29, 1.82) is 0 Å². The molecule has 0 aliphatic heterocycles. The molecule has 160 valence electrons. The number of anilines is 1. The number of aromatic carboxylic acids is 1. The SMILES string of the molecule is O=C(O)c1ccc(OCCOc2ccccc2NS(=O)(=O)/C=C/c2ccccc2)cc1. The van der Waals surface area contributed by atoms with Gasteiger partial charge in [0.05, 0.1) is 16.7 Å². The van der Waals surface area contributed by atoms with Crippen molar-refractivity contribution >= 4 is 27.8 Å². The van der Waals surface area contributed by atoms with Gasteiger partial charge in [-0.25, -0.2) is 13.2 Å². The fourth-order valence-corrected chi connectivity index (χ4v) is 3.48. The molecule has 3 aromatic carbocycles. The minimum atomic E-state index is -3.73. The van der Waals surface area contributed by atoms with Crippen LogP contribution in [0, 0.1) is 0 Å². The lowest BCUT2D eigenvalue weighted by Gasteiger charge is -2.13. The van der Waals surface area contributed by atoms with Crippen molar-refractivity contribution in [2.45, 2.75) is 0 Å². The predicted molar refractivity (Wildman–Crippen MR) is 119 cm³/mol. The summed E-state index contributed by atoms with van der Waals surface area (Å²) in [6.45, 7) is 0.362. The second-order valence-electron chi connectivity index (χ2n) is 6.38. The lowest BCUT2D eigenvalue weighted by Crippen LogP contribution is -2.13. The lowest BCUT2D eigenvalue weighted by molar-refractivity contribution is 0.0697. The Morgan fingerprint density at radius 2 is 1.52 bits per heavy atom. The Morgan fingerprint density at radius 3 is 2.23 bits per heavy atom. The molecule has 0 aliphatic carbocycles. The van der Waals surface area contributed by atoms with E-state index in [9.17, 15) is 13.2 Å². The van der Waals surface area contributed by atoms with Crippen LogP contribution in [0.5, 0.6) is 11.5 Å². The van der Waals surface area contributed by atoms with Crippen molar-refractivity contribution in [2.24, 2.45) is 0 Å². The number of benzene rings is 3. The van der Waals surface area contributed by atoms with E-state index >= 15 is 0 Å². The molecule has 0 bridgehead atoms. The van der Waals surface area contributed by atoms with Gasteiger partial charge >= 0.3 is 5.97 Å². The standard InChI is InChI=1S/C23H21NO6S/c25-23(26)19-10-12-20(13-11-19)29-15-16-30-22-9-5-4-8-21(22)24-31(27,28)17-14-18-6-2-1-3-7-18/h1-14,17,24H,15-16H2,(H,25,26)/b17-14+. The zero-order valence-electron chi connectivity index (χ0n) is 16.5. The van der Waals surface area contributed by atoms with E-state index in [1.165, 1.54) is 18.2 Å². The van der Waals surface area contributed by atoms with Crippen molar-refractivity contribution in [2.75, 3.05) is 17.9 Å². The maximum atomic E-state index is 12.4. The summed E-state index contributed by atoms with van der Waals surface area (Å²) in [7, 11) is -3.73. The van der Waals surface area contributed by atoms with Crippen LogP contribution in [0.25, 0.3) is 6.08 Å². The topological polar surface area (TPSA) is 102 Å². The van der Waals surface area contributed by atoms with Gasteiger partial charge in [0.25, 0.3) is 10.0 Å². The highest BCUT2D eigenvalue weighted by Crippen LogP contribution is 2.25. The third-order valence-corrected chi connectivity index (χ3v) is 5.09. The molecule has 3 aromatic rings. The van der Waals surface area contributed by atoms with Crippen LogP contribution in [0.3, 0.4) is 0 Å². The van der Waals surface area contributed by atoms with Gasteiger partial charge in [0, 0.05) is 0 Å². The first-order chi connectivity index (χ1) is 14.9. The minimum absolute atomic E-state index is 0.166. The molecule has 2 N–H and O–H groups in total. The Hall–Kier alpha value is -3.78. The summed E-state index contributed by atoms with van der Waals surface area (Å²) in [6, 6.07) is 21.8. The highest BCUT2D eigenvalue weighted by molar-refractivity contribution is 7.95. The predicted octanol–water partition coefficient (Wildman–Crippen LogP) is 4.26. The summed E-state index contributed by atoms with van der Waals surface area (Å²) in [4.78, 5) is 10.9. The van der Waals surface area contributed by atoms with Gasteiger partial charge < -0.3 is 14.6 Å². The zero-order chi connectivity index (χ0) is 22.1. The molecule has 31 heavy (non-hydrogen) atoms. The number of carboxylic acid groups (broad SMARTS) is 1. The third-order valence-electron chi connectivity index (χ3n) is 4.09. The fourth-order valence-electron chi connectivity index (χ4n) is 2.60. The van der Waals surface area contributed by atoms with Gasteiger partial charge in [-0.1, -0.05) is 42.5 Å². The highest BCUT2D eigenvalue weighted by Gasteiger charge is 2.10. The van der Waals surface area contributed by atoms with E-state index in [1.807, 2.05) is 18.2 Å². The third kappa shape index (κ3) is 6.90. The summed E-state index contributed by atoms with van der Waals surface area (Å²) < 4.78 is 38.5. The monoisotopic (exact) mass is 439 g/mol. The Kier molecular flexibility index (Phi) is 7.29. The molecule has 3 rings (SSSR count). The van der Waals surface area contributed by atoms with Crippen molar-refractivity contribution in [1.82, 2.24) is 0 Å². The molecule has 0 unspecified atom stereocenters. The van der Waals surface area contributed by atoms with Crippen molar-refractivity contribution in [3.63, 3.8) is 0 Å². The Bertz CT molecular complexity index is 1140. The Labute approximate surface area is 180 Å². The maximum absolute atomic E-state index is 12.4. The average molecular weight is 439 g/mol. The summed E-state index contributed by atoms with van der Waals surface area (Å²) in [6.07, 6.45) is 1.51. The number of rotatable bonds is 10. The molecule has 0 aliphatic rings. The van der Waals surface area contributed by atoms with Crippen LogP contribution in [-0.2, 0) is 10.0 Å². The van der Waals surface area contributed by atoms with Gasteiger partial charge in [0.1, 0.15) is 24.7 Å². The van der Waals surface area contributed by atoms with Gasteiger partial charge in [-0.05, 0) is 48.0 Å².